The zero-order valence-electron chi connectivity index (χ0n) is 10.6. The molecule has 0 radical (unpaired) electrons. The van der Waals surface area contributed by atoms with Gasteiger partial charge in [-0.2, -0.15) is 0 Å². The van der Waals surface area contributed by atoms with Crippen LogP contribution in [0.2, 0.25) is 0 Å². The minimum Gasteiger partial charge on any atom is -0.508 e. The van der Waals surface area contributed by atoms with Gasteiger partial charge < -0.3 is 10.4 Å². The maximum Gasteiger partial charge on any atom is 0.115 e. The van der Waals surface area contributed by atoms with E-state index >= 15 is 0 Å². The second-order valence-corrected chi connectivity index (χ2v) is 4.30. The van der Waals surface area contributed by atoms with Crippen molar-refractivity contribution in [2.45, 2.75) is 19.4 Å². The third-order valence-electron chi connectivity index (χ3n) is 3.26. The van der Waals surface area contributed by atoms with E-state index in [1.54, 1.807) is 12.1 Å². The molecule has 1 atom stereocenters. The average molecular weight is 293 g/mol. The molecule has 0 unspecified atom stereocenters. The summed E-state index contributed by atoms with van der Waals surface area (Å²) in [6.07, 6.45) is 1.12. The number of phenols is 1. The monoisotopic (exact) mass is 292 g/mol. The van der Waals surface area contributed by atoms with Crippen LogP contribution < -0.4 is 5.32 Å². The highest BCUT2D eigenvalue weighted by molar-refractivity contribution is 5.85. The van der Waals surface area contributed by atoms with Crippen LogP contribution in [0.3, 0.4) is 0 Å². The van der Waals surface area contributed by atoms with Gasteiger partial charge in [-0.15, -0.1) is 24.8 Å². The van der Waals surface area contributed by atoms with Gasteiger partial charge in [-0.3, -0.25) is 4.90 Å². The summed E-state index contributed by atoms with van der Waals surface area (Å²) in [4.78, 5) is 2.52. The standard InChI is InChI=1S/C13H20N2O.2ClH/c1-2-13(15-9-7-14-8-10-15)11-3-5-12(16)6-4-11;;/h3-6,13-14,16H,2,7-10H2,1H3;2*1H/t13-;;/m1../s1. The van der Waals surface area contributed by atoms with E-state index in [0.717, 1.165) is 32.6 Å². The third kappa shape index (κ3) is 4.32. The predicted octanol–water partition coefficient (Wildman–Crippen LogP) is 2.59. The van der Waals surface area contributed by atoms with E-state index in [0.29, 0.717) is 11.8 Å². The van der Waals surface area contributed by atoms with Crippen molar-refractivity contribution in [3.05, 3.63) is 29.8 Å². The molecule has 0 aromatic heterocycles. The Hall–Kier alpha value is -0.480. The molecule has 104 valence electrons. The molecule has 1 saturated heterocycles. The van der Waals surface area contributed by atoms with Gasteiger partial charge >= 0.3 is 0 Å². The number of halogens is 2. The van der Waals surface area contributed by atoms with Gasteiger partial charge in [-0.1, -0.05) is 19.1 Å². The summed E-state index contributed by atoms with van der Waals surface area (Å²) >= 11 is 0. The van der Waals surface area contributed by atoms with Crippen LogP contribution in [0.5, 0.6) is 5.75 Å². The zero-order chi connectivity index (χ0) is 11.4. The molecule has 1 aromatic rings. The molecule has 0 amide bonds. The number of nitrogens with zero attached hydrogens (tertiary/aromatic N) is 1. The van der Waals surface area contributed by atoms with Crippen molar-refractivity contribution in [2.24, 2.45) is 0 Å². The highest BCUT2D eigenvalue weighted by atomic mass is 35.5. The highest BCUT2D eigenvalue weighted by Crippen LogP contribution is 2.25. The maximum atomic E-state index is 9.30. The molecule has 18 heavy (non-hydrogen) atoms. The summed E-state index contributed by atoms with van der Waals surface area (Å²) in [7, 11) is 0. The van der Waals surface area contributed by atoms with Crippen molar-refractivity contribution < 1.29 is 5.11 Å². The molecule has 1 aromatic carbocycles. The minimum absolute atomic E-state index is 0. The summed E-state index contributed by atoms with van der Waals surface area (Å²) < 4.78 is 0. The Labute approximate surface area is 121 Å². The van der Waals surface area contributed by atoms with Gasteiger partial charge in [0.15, 0.2) is 0 Å². The quantitative estimate of drug-likeness (QED) is 0.899. The van der Waals surface area contributed by atoms with E-state index < -0.39 is 0 Å². The van der Waals surface area contributed by atoms with E-state index in [-0.39, 0.29) is 24.8 Å². The molecule has 0 aliphatic carbocycles. The molecule has 1 aliphatic rings. The van der Waals surface area contributed by atoms with Gasteiger partial charge in [-0.25, -0.2) is 0 Å². The predicted molar refractivity (Wildman–Crippen MR) is 80.1 cm³/mol. The normalized spacial score (nSPS) is 17.4. The van der Waals surface area contributed by atoms with Crippen LogP contribution in [-0.4, -0.2) is 36.2 Å². The summed E-state index contributed by atoms with van der Waals surface area (Å²) in [6, 6.07) is 8.11. The molecule has 0 spiro atoms. The lowest BCUT2D eigenvalue weighted by molar-refractivity contribution is 0.169. The molecule has 0 bridgehead atoms. The van der Waals surface area contributed by atoms with E-state index in [2.05, 4.69) is 17.1 Å². The lowest BCUT2D eigenvalue weighted by Crippen LogP contribution is -2.45. The summed E-state index contributed by atoms with van der Waals surface area (Å²) in [5.74, 6) is 0.346. The minimum atomic E-state index is 0. The lowest BCUT2D eigenvalue weighted by Gasteiger charge is -2.34. The van der Waals surface area contributed by atoms with Crippen LogP contribution in [0, 0.1) is 0 Å². The Morgan fingerprint density at radius 1 is 1.17 bits per heavy atom. The Morgan fingerprint density at radius 3 is 2.22 bits per heavy atom. The lowest BCUT2D eigenvalue weighted by atomic mass is 10.0. The van der Waals surface area contributed by atoms with Crippen molar-refractivity contribution in [3.8, 4) is 5.75 Å². The first-order valence-electron chi connectivity index (χ1n) is 6.05. The topological polar surface area (TPSA) is 35.5 Å². The Kier molecular flexibility index (Phi) is 8.36. The van der Waals surface area contributed by atoms with Crippen molar-refractivity contribution >= 4 is 24.8 Å². The third-order valence-corrected chi connectivity index (χ3v) is 3.26. The van der Waals surface area contributed by atoms with Crippen LogP contribution in [0.4, 0.5) is 0 Å². The van der Waals surface area contributed by atoms with E-state index in [1.807, 2.05) is 12.1 Å². The number of aromatic hydroxyl groups is 1. The average Bonchev–Trinajstić information content (AvgIpc) is 2.34. The number of benzene rings is 1. The molecular weight excluding hydrogens is 271 g/mol. The number of piperazine rings is 1. The fourth-order valence-electron chi connectivity index (χ4n) is 2.39. The van der Waals surface area contributed by atoms with Crippen LogP contribution >= 0.6 is 24.8 Å². The van der Waals surface area contributed by atoms with Crippen LogP contribution in [0.25, 0.3) is 0 Å². The van der Waals surface area contributed by atoms with Gasteiger partial charge in [0.25, 0.3) is 0 Å². The molecule has 1 fully saturated rings. The molecule has 5 heteroatoms. The SMILES string of the molecule is CC[C@H](c1ccc(O)cc1)N1CCNCC1.Cl.Cl. The number of hydrogen-bond donors (Lipinski definition) is 2. The number of nitrogens with one attached hydrogen (secondary N) is 1. The molecule has 1 aliphatic heterocycles. The second kappa shape index (κ2) is 8.59. The maximum absolute atomic E-state index is 9.30. The van der Waals surface area contributed by atoms with Crippen molar-refractivity contribution in [1.82, 2.24) is 10.2 Å². The van der Waals surface area contributed by atoms with Gasteiger partial charge in [0.05, 0.1) is 0 Å². The zero-order valence-corrected chi connectivity index (χ0v) is 12.3. The van der Waals surface area contributed by atoms with Gasteiger partial charge in [0.1, 0.15) is 5.75 Å². The number of phenolic OH excluding ortho intramolecular Hbond substituents is 1. The Morgan fingerprint density at radius 2 is 1.72 bits per heavy atom. The van der Waals surface area contributed by atoms with Crippen LogP contribution in [-0.2, 0) is 0 Å². The first kappa shape index (κ1) is 17.5. The summed E-state index contributed by atoms with van der Waals surface area (Å²) in [5.41, 5.74) is 1.31. The number of rotatable bonds is 3. The van der Waals surface area contributed by atoms with Gasteiger partial charge in [0.2, 0.25) is 0 Å². The van der Waals surface area contributed by atoms with E-state index in [4.69, 9.17) is 0 Å². The van der Waals surface area contributed by atoms with Gasteiger partial charge in [0, 0.05) is 32.2 Å². The number of hydrogen-bond acceptors (Lipinski definition) is 3. The largest absolute Gasteiger partial charge is 0.508 e. The van der Waals surface area contributed by atoms with Crippen LogP contribution in [0.1, 0.15) is 24.9 Å². The van der Waals surface area contributed by atoms with E-state index in [1.165, 1.54) is 5.56 Å². The first-order valence-corrected chi connectivity index (χ1v) is 6.05. The van der Waals surface area contributed by atoms with Crippen molar-refractivity contribution in [1.29, 1.82) is 0 Å². The molecule has 2 N–H and O–H groups in total. The molecule has 2 rings (SSSR count). The summed E-state index contributed by atoms with van der Waals surface area (Å²) in [5, 5.41) is 12.7. The smallest absolute Gasteiger partial charge is 0.115 e. The highest BCUT2D eigenvalue weighted by Gasteiger charge is 2.20. The Bertz CT molecular complexity index is 326. The first-order chi connectivity index (χ1) is 7.81. The fraction of sp³-hybridized carbons (Fsp3) is 0.538. The molecular formula is C13H22Cl2N2O. The molecule has 0 saturated carbocycles. The van der Waals surface area contributed by atoms with Crippen molar-refractivity contribution in [3.63, 3.8) is 0 Å². The second-order valence-electron chi connectivity index (χ2n) is 4.30. The van der Waals surface area contributed by atoms with Gasteiger partial charge in [-0.05, 0) is 24.1 Å². The van der Waals surface area contributed by atoms with Crippen molar-refractivity contribution in [2.75, 3.05) is 26.2 Å². The summed E-state index contributed by atoms with van der Waals surface area (Å²) in [6.45, 7) is 6.60. The van der Waals surface area contributed by atoms with E-state index in [9.17, 15) is 5.11 Å². The fourth-order valence-corrected chi connectivity index (χ4v) is 2.39. The molecule has 1 heterocycles. The Balaban J connectivity index is 0.00000144. The van der Waals surface area contributed by atoms with Crippen LogP contribution in [0.15, 0.2) is 24.3 Å². The molecule has 3 nitrogen and oxygen atoms in total.